The van der Waals surface area contributed by atoms with Crippen LogP contribution in [-0.2, 0) is 17.8 Å². The molecule has 0 aliphatic rings. The van der Waals surface area contributed by atoms with Crippen LogP contribution in [0.2, 0.25) is 0 Å². The van der Waals surface area contributed by atoms with E-state index in [1.807, 2.05) is 56.3 Å². The average Bonchev–Trinajstić information content (AvgIpc) is 2.89. The van der Waals surface area contributed by atoms with E-state index in [0.717, 1.165) is 18.2 Å². The second kappa shape index (κ2) is 16.0. The number of carbonyl (C=O) groups is 1. The summed E-state index contributed by atoms with van der Waals surface area (Å²) >= 11 is 0. The van der Waals surface area contributed by atoms with Crippen LogP contribution in [0, 0.1) is 11.2 Å². The average molecular weight is 470 g/mol. The van der Waals surface area contributed by atoms with E-state index < -0.39 is 11.8 Å². The fourth-order valence-electron chi connectivity index (χ4n) is 2.79. The molecule has 6 nitrogen and oxygen atoms in total. The summed E-state index contributed by atoms with van der Waals surface area (Å²) in [6.07, 6.45) is 0.0288. The lowest BCUT2D eigenvalue weighted by molar-refractivity contribution is -0.136. The van der Waals surface area contributed by atoms with Gasteiger partial charge in [-0.1, -0.05) is 62.4 Å². The van der Waals surface area contributed by atoms with Crippen LogP contribution in [0.25, 0.3) is 0 Å². The van der Waals surface area contributed by atoms with Gasteiger partial charge in [0.25, 0.3) is 0 Å². The van der Waals surface area contributed by atoms with Crippen molar-refractivity contribution in [3.8, 4) is 11.5 Å². The van der Waals surface area contributed by atoms with Gasteiger partial charge in [-0.15, -0.1) is 0 Å². The normalized spacial score (nSPS) is 9.56. The zero-order valence-electron chi connectivity index (χ0n) is 19.8. The Hall–Kier alpha value is -3.71. The van der Waals surface area contributed by atoms with Gasteiger partial charge in [0, 0.05) is 19.6 Å². The number of carboxylic acids is 1. The number of carboxylic acid groups (broad SMARTS) is 1. The second-order valence-corrected chi connectivity index (χ2v) is 6.71. The molecular weight excluding hydrogens is 437 g/mol. The van der Waals surface area contributed by atoms with Crippen molar-refractivity contribution < 1.29 is 28.9 Å². The Morgan fingerprint density at radius 3 is 2.12 bits per heavy atom. The van der Waals surface area contributed by atoms with E-state index in [1.54, 1.807) is 24.3 Å². The van der Waals surface area contributed by atoms with Crippen LogP contribution in [0.5, 0.6) is 11.5 Å². The number of ether oxygens (including phenoxy) is 2. The first kappa shape index (κ1) is 28.3. The Kier molecular flexibility index (Phi) is 13.3. The first-order chi connectivity index (χ1) is 16.5. The molecule has 0 unspecified atom stereocenters. The molecule has 0 aromatic heterocycles. The molecule has 0 spiro atoms. The van der Waals surface area contributed by atoms with Crippen molar-refractivity contribution in [2.45, 2.75) is 33.3 Å². The quantitative estimate of drug-likeness (QED) is 0.340. The maximum atomic E-state index is 14.0. The first-order valence-electron chi connectivity index (χ1n) is 10.9. The minimum atomic E-state index is -0.959. The standard InChI is InChI=1S/C24H22FNO4.C2H6.CH4O/c25-22-14-21(12-8-18(22)9-13-24(27)28)29-15-17-6-10-20(11-7-17)30-16-23(26)19-4-2-1-3-5-19;2*1-2/h1-8,10-12,14,26H,9,13,15-16H2,(H,27,28);1-2H3;2H,1H3. The summed E-state index contributed by atoms with van der Waals surface area (Å²) in [5.74, 6) is -0.408. The van der Waals surface area contributed by atoms with Gasteiger partial charge in [-0.3, -0.25) is 4.79 Å². The number of aliphatic hydroxyl groups excluding tert-OH is 1. The van der Waals surface area contributed by atoms with E-state index in [2.05, 4.69) is 0 Å². The van der Waals surface area contributed by atoms with Crippen LogP contribution >= 0.6 is 0 Å². The number of rotatable bonds is 10. The lowest BCUT2D eigenvalue weighted by Crippen LogP contribution is -2.11. The largest absolute Gasteiger partial charge is 0.489 e. The molecule has 0 heterocycles. The third-order valence-corrected chi connectivity index (χ3v) is 4.47. The van der Waals surface area contributed by atoms with Gasteiger partial charge in [-0.05, 0) is 41.3 Å². The van der Waals surface area contributed by atoms with Crippen LogP contribution in [-0.4, -0.2) is 35.6 Å². The van der Waals surface area contributed by atoms with Crippen molar-refractivity contribution in [1.82, 2.24) is 0 Å². The van der Waals surface area contributed by atoms with E-state index in [9.17, 15) is 9.18 Å². The van der Waals surface area contributed by atoms with E-state index in [4.69, 9.17) is 25.1 Å². The first-order valence-corrected chi connectivity index (χ1v) is 10.9. The van der Waals surface area contributed by atoms with Gasteiger partial charge in [0.2, 0.25) is 0 Å². The fourth-order valence-corrected chi connectivity index (χ4v) is 2.79. The van der Waals surface area contributed by atoms with Gasteiger partial charge in [0.15, 0.2) is 0 Å². The molecule has 3 rings (SSSR count). The van der Waals surface area contributed by atoms with Gasteiger partial charge in [-0.2, -0.15) is 0 Å². The molecule has 3 aromatic carbocycles. The highest BCUT2D eigenvalue weighted by molar-refractivity contribution is 5.99. The molecule has 182 valence electrons. The van der Waals surface area contributed by atoms with Crippen molar-refractivity contribution in [3.63, 3.8) is 0 Å². The molecule has 7 heteroatoms. The minimum Gasteiger partial charge on any atom is -0.489 e. The van der Waals surface area contributed by atoms with Gasteiger partial charge < -0.3 is 25.1 Å². The number of hydrogen-bond acceptors (Lipinski definition) is 5. The number of aliphatic hydroxyl groups is 1. The summed E-state index contributed by atoms with van der Waals surface area (Å²) < 4.78 is 25.3. The minimum absolute atomic E-state index is 0.115. The molecule has 0 fully saturated rings. The van der Waals surface area contributed by atoms with Gasteiger partial charge >= 0.3 is 5.97 Å². The number of nitrogens with one attached hydrogen (secondary N) is 1. The second-order valence-electron chi connectivity index (χ2n) is 6.71. The number of benzene rings is 3. The summed E-state index contributed by atoms with van der Waals surface area (Å²) in [7, 11) is 1.00. The Morgan fingerprint density at radius 1 is 0.912 bits per heavy atom. The van der Waals surface area contributed by atoms with Crippen LogP contribution < -0.4 is 9.47 Å². The number of aryl methyl sites for hydroxylation is 1. The predicted octanol–water partition coefficient (Wildman–Crippen LogP) is 5.50. The summed E-state index contributed by atoms with van der Waals surface area (Å²) in [6, 6.07) is 21.1. The van der Waals surface area contributed by atoms with Crippen LogP contribution in [0.4, 0.5) is 4.39 Å². The van der Waals surface area contributed by atoms with Crippen molar-refractivity contribution in [2.24, 2.45) is 0 Å². The molecule has 34 heavy (non-hydrogen) atoms. The molecule has 0 aliphatic carbocycles. The smallest absolute Gasteiger partial charge is 0.303 e. The van der Waals surface area contributed by atoms with Crippen molar-refractivity contribution in [3.05, 3.63) is 95.3 Å². The van der Waals surface area contributed by atoms with E-state index >= 15 is 0 Å². The molecule has 0 aliphatic heterocycles. The fraction of sp³-hybridized carbons (Fsp3) is 0.259. The van der Waals surface area contributed by atoms with E-state index in [-0.39, 0.29) is 26.1 Å². The maximum absolute atomic E-state index is 14.0. The molecule has 0 bridgehead atoms. The van der Waals surface area contributed by atoms with Gasteiger partial charge in [-0.25, -0.2) is 4.39 Å². The number of halogens is 1. The summed E-state index contributed by atoms with van der Waals surface area (Å²) in [5.41, 5.74) is 2.46. The highest BCUT2D eigenvalue weighted by Crippen LogP contribution is 2.20. The van der Waals surface area contributed by atoms with Crippen molar-refractivity contribution >= 4 is 11.7 Å². The monoisotopic (exact) mass is 469 g/mol. The Bertz CT molecular complexity index is 1010. The highest BCUT2D eigenvalue weighted by Gasteiger charge is 2.07. The molecule has 0 radical (unpaired) electrons. The summed E-state index contributed by atoms with van der Waals surface area (Å²) in [4.78, 5) is 10.6. The SMILES string of the molecule is CC.CO.N=C(COc1ccc(COc2ccc(CCC(=O)O)c(F)c2)cc1)c1ccccc1. The Balaban J connectivity index is 0.00000137. The maximum Gasteiger partial charge on any atom is 0.303 e. The summed E-state index contributed by atoms with van der Waals surface area (Å²) in [5, 5.41) is 23.8. The number of hydrogen-bond donors (Lipinski definition) is 3. The predicted molar refractivity (Wildman–Crippen MR) is 131 cm³/mol. The highest BCUT2D eigenvalue weighted by atomic mass is 19.1. The Labute approximate surface area is 200 Å². The van der Waals surface area contributed by atoms with Gasteiger partial charge in [0.1, 0.15) is 30.5 Å². The van der Waals surface area contributed by atoms with E-state index in [1.165, 1.54) is 6.07 Å². The van der Waals surface area contributed by atoms with Crippen LogP contribution in [0.3, 0.4) is 0 Å². The third kappa shape index (κ3) is 9.83. The molecule has 0 saturated carbocycles. The van der Waals surface area contributed by atoms with Crippen molar-refractivity contribution in [2.75, 3.05) is 13.7 Å². The lowest BCUT2D eigenvalue weighted by atomic mass is 10.1. The zero-order valence-corrected chi connectivity index (χ0v) is 19.8. The third-order valence-electron chi connectivity index (χ3n) is 4.47. The molecule has 3 aromatic rings. The molecule has 3 N–H and O–H groups in total. The van der Waals surface area contributed by atoms with Gasteiger partial charge in [0.05, 0.1) is 5.71 Å². The number of aliphatic carboxylic acids is 1. The zero-order chi connectivity index (χ0) is 25.3. The lowest BCUT2D eigenvalue weighted by Gasteiger charge is -2.10. The molecular formula is C27H32FNO5. The van der Waals surface area contributed by atoms with E-state index in [0.29, 0.717) is 22.8 Å². The molecule has 0 amide bonds. The Morgan fingerprint density at radius 2 is 1.53 bits per heavy atom. The topological polar surface area (TPSA) is 99.8 Å². The summed E-state index contributed by atoms with van der Waals surface area (Å²) in [6.45, 7) is 4.43. The van der Waals surface area contributed by atoms with Crippen molar-refractivity contribution in [1.29, 1.82) is 5.41 Å². The molecule has 0 saturated heterocycles. The van der Waals surface area contributed by atoms with Crippen LogP contribution in [0.1, 0.15) is 37.0 Å². The van der Waals surface area contributed by atoms with Crippen LogP contribution in [0.15, 0.2) is 72.8 Å². The molecule has 0 atom stereocenters.